The molecule has 3 aliphatic rings. The number of piperazine rings is 1. The molecule has 1 N–H and O–H groups in total. The van der Waals surface area contributed by atoms with E-state index in [1.165, 1.54) is 38.5 Å². The van der Waals surface area contributed by atoms with Gasteiger partial charge in [-0.3, -0.25) is 19.4 Å². The average molecular weight is 427 g/mol. The normalized spacial score (nSPS) is 25.2. The third kappa shape index (κ3) is 5.47. The van der Waals surface area contributed by atoms with Crippen LogP contribution < -0.4 is 5.32 Å². The highest BCUT2D eigenvalue weighted by Gasteiger charge is 2.35. The Bertz CT molecular complexity index is 765. The number of benzene rings is 1. The summed E-state index contributed by atoms with van der Waals surface area (Å²) >= 11 is 0. The van der Waals surface area contributed by atoms with Crippen molar-refractivity contribution < 1.29 is 9.59 Å². The molecule has 1 aliphatic carbocycles. The lowest BCUT2D eigenvalue weighted by Crippen LogP contribution is -2.55. The van der Waals surface area contributed by atoms with E-state index in [0.29, 0.717) is 19.1 Å². The molecule has 3 fully saturated rings. The SMILES string of the molecule is Cc1cccc(C)c1NC(=O)CN1CCN(C(=O)CN2CCC[C@H]3CCCC[C@@H]32)CC1. The Morgan fingerprint density at radius 1 is 0.903 bits per heavy atom. The van der Waals surface area contributed by atoms with Crippen molar-refractivity contribution in [1.29, 1.82) is 0 Å². The predicted molar refractivity (Wildman–Crippen MR) is 124 cm³/mol. The molecule has 2 saturated heterocycles. The first-order chi connectivity index (χ1) is 15.0. The predicted octanol–water partition coefficient (Wildman–Crippen LogP) is 3.04. The third-order valence-electron chi connectivity index (χ3n) is 7.53. The number of fused-ring (bicyclic) bond motifs is 1. The highest BCUT2D eigenvalue weighted by atomic mass is 16.2. The molecule has 2 atom stereocenters. The minimum atomic E-state index is 0.0221. The van der Waals surface area contributed by atoms with Gasteiger partial charge in [0.15, 0.2) is 0 Å². The van der Waals surface area contributed by atoms with Gasteiger partial charge in [-0.05, 0) is 63.1 Å². The summed E-state index contributed by atoms with van der Waals surface area (Å²) in [5.41, 5.74) is 3.09. The van der Waals surface area contributed by atoms with E-state index < -0.39 is 0 Å². The van der Waals surface area contributed by atoms with Crippen LogP contribution in [0.5, 0.6) is 0 Å². The Morgan fingerprint density at radius 3 is 2.32 bits per heavy atom. The fourth-order valence-electron chi connectivity index (χ4n) is 5.75. The summed E-state index contributed by atoms with van der Waals surface area (Å²) < 4.78 is 0. The number of carbonyl (C=O) groups is 2. The van der Waals surface area contributed by atoms with Crippen molar-refractivity contribution in [2.45, 2.75) is 58.4 Å². The van der Waals surface area contributed by atoms with Gasteiger partial charge in [-0.25, -0.2) is 0 Å². The number of para-hydroxylation sites is 1. The minimum Gasteiger partial charge on any atom is -0.339 e. The van der Waals surface area contributed by atoms with E-state index >= 15 is 0 Å². The molecule has 2 heterocycles. The van der Waals surface area contributed by atoms with Gasteiger partial charge >= 0.3 is 0 Å². The summed E-state index contributed by atoms with van der Waals surface area (Å²) in [6.45, 7) is 9.03. The summed E-state index contributed by atoms with van der Waals surface area (Å²) in [7, 11) is 0. The van der Waals surface area contributed by atoms with Crippen molar-refractivity contribution >= 4 is 17.5 Å². The fraction of sp³-hybridized carbons (Fsp3) is 0.680. The van der Waals surface area contributed by atoms with Crippen LogP contribution in [0.4, 0.5) is 5.69 Å². The first kappa shape index (κ1) is 22.3. The summed E-state index contributed by atoms with van der Waals surface area (Å²) in [6.07, 6.45) is 7.87. The molecule has 2 amide bonds. The van der Waals surface area contributed by atoms with Crippen LogP contribution in [0, 0.1) is 19.8 Å². The number of carbonyl (C=O) groups excluding carboxylic acids is 2. The minimum absolute atomic E-state index is 0.0221. The summed E-state index contributed by atoms with van der Waals surface area (Å²) in [5.74, 6) is 1.10. The number of hydrogen-bond donors (Lipinski definition) is 1. The molecule has 6 nitrogen and oxygen atoms in total. The molecule has 0 aromatic heterocycles. The molecule has 170 valence electrons. The van der Waals surface area contributed by atoms with E-state index in [2.05, 4.69) is 15.1 Å². The monoisotopic (exact) mass is 426 g/mol. The van der Waals surface area contributed by atoms with Gasteiger partial charge in [0.25, 0.3) is 0 Å². The van der Waals surface area contributed by atoms with Crippen molar-refractivity contribution in [3.63, 3.8) is 0 Å². The lowest BCUT2D eigenvalue weighted by atomic mass is 9.78. The smallest absolute Gasteiger partial charge is 0.238 e. The standard InChI is InChI=1S/C25H38N4O2/c1-19-7-5-8-20(2)25(19)26-23(30)17-27-13-15-28(16-14-27)24(31)18-29-12-6-10-21-9-3-4-11-22(21)29/h5,7-8,21-22H,3-4,6,9-18H2,1-2H3,(H,26,30)/t21-,22+/m1/s1. The number of nitrogens with zero attached hydrogens (tertiary/aromatic N) is 3. The molecule has 4 rings (SSSR count). The van der Waals surface area contributed by atoms with Crippen LogP contribution in [0.25, 0.3) is 0 Å². The van der Waals surface area contributed by atoms with Gasteiger partial charge in [-0.15, -0.1) is 0 Å². The Hall–Kier alpha value is -1.92. The highest BCUT2D eigenvalue weighted by molar-refractivity contribution is 5.93. The molecule has 31 heavy (non-hydrogen) atoms. The Kier molecular flexibility index (Phi) is 7.28. The zero-order valence-electron chi connectivity index (χ0n) is 19.2. The lowest BCUT2D eigenvalue weighted by Gasteiger charge is -2.44. The van der Waals surface area contributed by atoms with Gasteiger partial charge in [0.2, 0.25) is 11.8 Å². The molecule has 0 unspecified atom stereocenters. The molecular formula is C25H38N4O2. The average Bonchev–Trinajstić information content (AvgIpc) is 2.77. The molecule has 0 radical (unpaired) electrons. The zero-order chi connectivity index (χ0) is 21.8. The second-order valence-electron chi connectivity index (χ2n) is 9.70. The van der Waals surface area contributed by atoms with Crippen LogP contribution in [0.3, 0.4) is 0 Å². The Balaban J connectivity index is 1.23. The van der Waals surface area contributed by atoms with Crippen molar-refractivity contribution in [3.8, 4) is 0 Å². The van der Waals surface area contributed by atoms with Crippen molar-refractivity contribution in [2.24, 2.45) is 5.92 Å². The molecule has 1 aromatic rings. The molecule has 0 bridgehead atoms. The highest BCUT2D eigenvalue weighted by Crippen LogP contribution is 2.35. The molecule has 6 heteroatoms. The maximum Gasteiger partial charge on any atom is 0.238 e. The van der Waals surface area contributed by atoms with E-state index in [-0.39, 0.29) is 11.8 Å². The fourth-order valence-corrected chi connectivity index (χ4v) is 5.75. The van der Waals surface area contributed by atoms with Gasteiger partial charge in [0.05, 0.1) is 13.1 Å². The number of nitrogens with one attached hydrogen (secondary N) is 1. The third-order valence-corrected chi connectivity index (χ3v) is 7.53. The van der Waals surface area contributed by atoms with Gasteiger partial charge in [-0.2, -0.15) is 0 Å². The lowest BCUT2D eigenvalue weighted by molar-refractivity contribution is -0.136. The van der Waals surface area contributed by atoms with E-state index in [4.69, 9.17) is 0 Å². The van der Waals surface area contributed by atoms with E-state index in [1.807, 2.05) is 36.9 Å². The van der Waals surface area contributed by atoms with Gasteiger partial charge in [-0.1, -0.05) is 31.0 Å². The van der Waals surface area contributed by atoms with E-state index in [1.54, 1.807) is 0 Å². The first-order valence-electron chi connectivity index (χ1n) is 12.1. The molecular weight excluding hydrogens is 388 g/mol. The zero-order valence-corrected chi connectivity index (χ0v) is 19.2. The number of anilines is 1. The van der Waals surface area contributed by atoms with Gasteiger partial charge < -0.3 is 10.2 Å². The van der Waals surface area contributed by atoms with E-state index in [0.717, 1.165) is 55.5 Å². The number of piperidine rings is 1. The van der Waals surface area contributed by atoms with Crippen LogP contribution in [0.1, 0.15) is 49.7 Å². The number of hydrogen-bond acceptors (Lipinski definition) is 4. The van der Waals surface area contributed by atoms with Gasteiger partial charge in [0, 0.05) is 37.9 Å². The van der Waals surface area contributed by atoms with Crippen LogP contribution >= 0.6 is 0 Å². The van der Waals surface area contributed by atoms with Crippen LogP contribution in [0.15, 0.2) is 18.2 Å². The van der Waals surface area contributed by atoms with Crippen LogP contribution in [-0.4, -0.2) is 78.4 Å². The Labute approximate surface area is 187 Å². The van der Waals surface area contributed by atoms with Crippen LogP contribution in [-0.2, 0) is 9.59 Å². The Morgan fingerprint density at radius 2 is 1.58 bits per heavy atom. The number of amides is 2. The van der Waals surface area contributed by atoms with E-state index in [9.17, 15) is 9.59 Å². The molecule has 2 aliphatic heterocycles. The van der Waals surface area contributed by atoms with Gasteiger partial charge in [0.1, 0.15) is 0 Å². The number of likely N-dealkylation sites (tertiary alicyclic amines) is 1. The second kappa shape index (κ2) is 10.1. The summed E-state index contributed by atoms with van der Waals surface area (Å²) in [5, 5.41) is 3.07. The summed E-state index contributed by atoms with van der Waals surface area (Å²) in [6, 6.07) is 6.67. The quantitative estimate of drug-likeness (QED) is 0.786. The van der Waals surface area contributed by atoms with Crippen LogP contribution in [0.2, 0.25) is 0 Å². The van der Waals surface area contributed by atoms with Crippen molar-refractivity contribution in [2.75, 3.05) is 51.1 Å². The topological polar surface area (TPSA) is 55.9 Å². The first-order valence-corrected chi connectivity index (χ1v) is 12.1. The largest absolute Gasteiger partial charge is 0.339 e. The number of rotatable bonds is 5. The van der Waals surface area contributed by atoms with Crippen molar-refractivity contribution in [1.82, 2.24) is 14.7 Å². The molecule has 0 spiro atoms. The molecule has 1 saturated carbocycles. The summed E-state index contributed by atoms with van der Waals surface area (Å²) in [4.78, 5) is 32.2. The number of aryl methyl sites for hydroxylation is 2. The molecule has 1 aromatic carbocycles. The maximum absolute atomic E-state index is 13.0. The maximum atomic E-state index is 13.0. The second-order valence-corrected chi connectivity index (χ2v) is 9.70. The van der Waals surface area contributed by atoms with Crippen molar-refractivity contribution in [3.05, 3.63) is 29.3 Å².